The quantitative estimate of drug-likeness (QED) is 0.505. The molecule has 0 saturated carbocycles. The van der Waals surface area contributed by atoms with Gasteiger partial charge in [0.15, 0.2) is 0 Å². The molecule has 0 bridgehead atoms. The third-order valence-electron chi connectivity index (χ3n) is 0.739. The third-order valence-corrected chi connectivity index (χ3v) is 1.50. The second-order valence-electron chi connectivity index (χ2n) is 1.85. The van der Waals surface area contributed by atoms with Gasteiger partial charge < -0.3 is 4.90 Å². The van der Waals surface area contributed by atoms with Gasteiger partial charge in [-0.15, -0.1) is 0 Å². The molecule has 0 aliphatic carbocycles. The maximum absolute atomic E-state index is 2.39. The average Bonchev–Trinajstić information content (AvgIpc) is 1.61. The SMILES string of the molecule is CN(C)CCCI. The Morgan fingerprint density at radius 1 is 1.43 bits per heavy atom. The molecule has 0 aliphatic rings. The van der Waals surface area contributed by atoms with Crippen molar-refractivity contribution >= 4 is 22.6 Å². The molecule has 0 aromatic carbocycles. The molecular formula is C5H12IN. The molecule has 0 amide bonds. The number of rotatable bonds is 3. The van der Waals surface area contributed by atoms with Crippen molar-refractivity contribution in [3.63, 3.8) is 0 Å². The fourth-order valence-corrected chi connectivity index (χ4v) is 0.717. The molecule has 0 radical (unpaired) electrons. The third kappa shape index (κ3) is 6.69. The molecule has 0 aromatic heterocycles. The number of hydrogen-bond donors (Lipinski definition) is 0. The average molecular weight is 213 g/mol. The first-order valence-electron chi connectivity index (χ1n) is 2.48. The summed E-state index contributed by atoms with van der Waals surface area (Å²) in [6.07, 6.45) is 1.31. The molecule has 0 fully saturated rings. The van der Waals surface area contributed by atoms with Crippen LogP contribution in [0, 0.1) is 0 Å². The summed E-state index contributed by atoms with van der Waals surface area (Å²) in [6.45, 7) is 1.23. The van der Waals surface area contributed by atoms with Gasteiger partial charge in [0.2, 0.25) is 0 Å². The minimum atomic E-state index is 1.23. The van der Waals surface area contributed by atoms with Crippen molar-refractivity contribution in [3.05, 3.63) is 0 Å². The largest absolute Gasteiger partial charge is 0.309 e. The summed E-state index contributed by atoms with van der Waals surface area (Å²) in [5, 5.41) is 0. The van der Waals surface area contributed by atoms with E-state index >= 15 is 0 Å². The van der Waals surface area contributed by atoms with E-state index in [2.05, 4.69) is 41.6 Å². The van der Waals surface area contributed by atoms with Gasteiger partial charge in [-0.05, 0) is 27.1 Å². The Morgan fingerprint density at radius 3 is 2.14 bits per heavy atom. The van der Waals surface area contributed by atoms with E-state index < -0.39 is 0 Å². The van der Waals surface area contributed by atoms with Gasteiger partial charge in [-0.3, -0.25) is 0 Å². The number of hydrogen-bond acceptors (Lipinski definition) is 1. The molecule has 7 heavy (non-hydrogen) atoms. The highest BCUT2D eigenvalue weighted by molar-refractivity contribution is 14.1. The summed E-state index contributed by atoms with van der Waals surface area (Å²) in [5.74, 6) is 0. The van der Waals surface area contributed by atoms with Crippen molar-refractivity contribution in [2.45, 2.75) is 6.42 Å². The van der Waals surface area contributed by atoms with Crippen molar-refractivity contribution in [1.29, 1.82) is 0 Å². The van der Waals surface area contributed by atoms with Crippen LogP contribution in [-0.2, 0) is 0 Å². The smallest absolute Gasteiger partial charge is 0.000744 e. The highest BCUT2D eigenvalue weighted by Crippen LogP contribution is 1.88. The maximum Gasteiger partial charge on any atom is 0.000744 e. The van der Waals surface area contributed by atoms with Crippen molar-refractivity contribution in [2.75, 3.05) is 25.1 Å². The lowest BCUT2D eigenvalue weighted by Crippen LogP contribution is -2.12. The van der Waals surface area contributed by atoms with Crippen molar-refractivity contribution in [3.8, 4) is 0 Å². The summed E-state index contributed by atoms with van der Waals surface area (Å²) in [5.41, 5.74) is 0. The van der Waals surface area contributed by atoms with E-state index in [-0.39, 0.29) is 0 Å². The fraction of sp³-hybridized carbons (Fsp3) is 1.00. The lowest BCUT2D eigenvalue weighted by molar-refractivity contribution is 0.411. The molecule has 0 saturated heterocycles. The van der Waals surface area contributed by atoms with Crippen LogP contribution < -0.4 is 0 Å². The Morgan fingerprint density at radius 2 is 2.00 bits per heavy atom. The number of alkyl halides is 1. The normalized spacial score (nSPS) is 10.3. The highest BCUT2D eigenvalue weighted by atomic mass is 127. The molecule has 0 rings (SSSR count). The molecule has 0 heterocycles. The maximum atomic E-state index is 2.39. The molecule has 1 nitrogen and oxygen atoms in total. The predicted molar refractivity (Wildman–Crippen MR) is 42.1 cm³/mol. The van der Waals surface area contributed by atoms with E-state index in [1.807, 2.05) is 0 Å². The monoisotopic (exact) mass is 213 g/mol. The Hall–Kier alpha value is 0.690. The van der Waals surface area contributed by atoms with E-state index in [0.29, 0.717) is 0 Å². The Balaban J connectivity index is 2.68. The number of nitrogens with zero attached hydrogens (tertiary/aromatic N) is 1. The van der Waals surface area contributed by atoms with E-state index in [0.717, 1.165) is 0 Å². The highest BCUT2D eigenvalue weighted by Gasteiger charge is 1.84. The zero-order valence-corrected chi connectivity index (χ0v) is 7.10. The van der Waals surface area contributed by atoms with E-state index in [4.69, 9.17) is 0 Å². The molecular weight excluding hydrogens is 201 g/mol. The summed E-state index contributed by atoms with van der Waals surface area (Å²) >= 11 is 2.39. The van der Waals surface area contributed by atoms with E-state index in [1.165, 1.54) is 17.4 Å². The van der Waals surface area contributed by atoms with Gasteiger partial charge >= 0.3 is 0 Å². The second-order valence-corrected chi connectivity index (χ2v) is 2.92. The van der Waals surface area contributed by atoms with Crippen molar-refractivity contribution in [2.24, 2.45) is 0 Å². The minimum Gasteiger partial charge on any atom is -0.309 e. The van der Waals surface area contributed by atoms with Crippen LogP contribution in [0.25, 0.3) is 0 Å². The van der Waals surface area contributed by atoms with Crippen LogP contribution in [0.2, 0.25) is 0 Å². The molecule has 0 atom stereocenters. The van der Waals surface area contributed by atoms with Gasteiger partial charge in [0, 0.05) is 4.43 Å². The Bertz CT molecular complexity index is 37.1. The van der Waals surface area contributed by atoms with Crippen molar-refractivity contribution in [1.82, 2.24) is 4.90 Å². The summed E-state index contributed by atoms with van der Waals surface area (Å²) in [4.78, 5) is 2.21. The number of halogens is 1. The van der Waals surface area contributed by atoms with Crippen LogP contribution in [-0.4, -0.2) is 30.0 Å². The molecule has 0 aromatic rings. The first kappa shape index (κ1) is 7.69. The molecule has 0 N–H and O–H groups in total. The van der Waals surface area contributed by atoms with Gasteiger partial charge in [0.1, 0.15) is 0 Å². The summed E-state index contributed by atoms with van der Waals surface area (Å²) in [6, 6.07) is 0. The Labute approximate surface area is 59.2 Å². The van der Waals surface area contributed by atoms with Crippen LogP contribution in [0.5, 0.6) is 0 Å². The Kier molecular flexibility index (Phi) is 5.32. The van der Waals surface area contributed by atoms with Crippen LogP contribution in [0.15, 0.2) is 0 Å². The van der Waals surface area contributed by atoms with Gasteiger partial charge in [0.25, 0.3) is 0 Å². The van der Waals surface area contributed by atoms with Crippen molar-refractivity contribution < 1.29 is 0 Å². The van der Waals surface area contributed by atoms with Gasteiger partial charge in [-0.2, -0.15) is 0 Å². The van der Waals surface area contributed by atoms with E-state index in [1.54, 1.807) is 0 Å². The first-order chi connectivity index (χ1) is 3.27. The lowest BCUT2D eigenvalue weighted by Gasteiger charge is -2.05. The minimum absolute atomic E-state index is 1.23. The molecule has 44 valence electrons. The molecule has 2 heteroatoms. The van der Waals surface area contributed by atoms with E-state index in [9.17, 15) is 0 Å². The zero-order chi connectivity index (χ0) is 5.70. The van der Waals surface area contributed by atoms with Crippen LogP contribution >= 0.6 is 22.6 Å². The predicted octanol–water partition coefficient (Wildman–Crippen LogP) is 1.37. The summed E-state index contributed by atoms with van der Waals surface area (Å²) in [7, 11) is 4.21. The van der Waals surface area contributed by atoms with Gasteiger partial charge in [-0.25, -0.2) is 0 Å². The standard InChI is InChI=1S/C5H12IN/c1-7(2)5-3-4-6/h3-5H2,1-2H3. The van der Waals surface area contributed by atoms with Crippen LogP contribution in [0.4, 0.5) is 0 Å². The van der Waals surface area contributed by atoms with Gasteiger partial charge in [0.05, 0.1) is 0 Å². The van der Waals surface area contributed by atoms with Crippen LogP contribution in [0.1, 0.15) is 6.42 Å². The molecule has 0 aliphatic heterocycles. The summed E-state index contributed by atoms with van der Waals surface area (Å²) < 4.78 is 1.27. The van der Waals surface area contributed by atoms with Crippen LogP contribution in [0.3, 0.4) is 0 Å². The fourth-order valence-electron chi connectivity index (χ4n) is 0.376. The molecule has 0 spiro atoms. The lowest BCUT2D eigenvalue weighted by atomic mass is 10.5. The molecule has 0 unspecified atom stereocenters. The topological polar surface area (TPSA) is 3.24 Å². The first-order valence-corrected chi connectivity index (χ1v) is 4.00. The van der Waals surface area contributed by atoms with Gasteiger partial charge in [-0.1, -0.05) is 22.6 Å². The zero-order valence-electron chi connectivity index (χ0n) is 4.95. The second kappa shape index (κ2) is 4.84.